The van der Waals surface area contributed by atoms with Crippen molar-refractivity contribution in [1.29, 1.82) is 0 Å². The van der Waals surface area contributed by atoms with Gasteiger partial charge in [0.25, 0.3) is 0 Å². The van der Waals surface area contributed by atoms with E-state index in [0.717, 1.165) is 11.1 Å². The van der Waals surface area contributed by atoms with E-state index in [2.05, 4.69) is 4.99 Å². The molecule has 108 valence electrons. The van der Waals surface area contributed by atoms with Gasteiger partial charge >= 0.3 is 0 Å². The van der Waals surface area contributed by atoms with E-state index in [-0.39, 0.29) is 6.54 Å². The topological polar surface area (TPSA) is 21.6 Å². The lowest BCUT2D eigenvalue weighted by atomic mass is 9.89. The Morgan fingerprint density at radius 1 is 1.10 bits per heavy atom. The molecule has 0 amide bonds. The van der Waals surface area contributed by atoms with Crippen molar-refractivity contribution in [3.05, 3.63) is 71.8 Å². The first-order chi connectivity index (χ1) is 10.2. The Balaban J connectivity index is 1.96. The van der Waals surface area contributed by atoms with Crippen LogP contribution in [0.15, 0.2) is 65.7 Å². The smallest absolute Gasteiger partial charge is 0.216 e. The van der Waals surface area contributed by atoms with Crippen LogP contribution in [0.4, 0.5) is 4.39 Å². The largest absolute Gasteiger partial charge is 0.466 e. The average molecular weight is 283 g/mol. The summed E-state index contributed by atoms with van der Waals surface area (Å²) in [5, 5.41) is 0. The van der Waals surface area contributed by atoms with E-state index in [4.69, 9.17) is 4.74 Å². The fraction of sp³-hybridized carbons (Fsp3) is 0.278. The summed E-state index contributed by atoms with van der Waals surface area (Å²) in [6.45, 7) is 1.97. The number of alkyl halides is 1. The van der Waals surface area contributed by atoms with Crippen molar-refractivity contribution in [2.75, 3.05) is 6.54 Å². The summed E-state index contributed by atoms with van der Waals surface area (Å²) in [5.41, 5.74) is 0.279. The van der Waals surface area contributed by atoms with Crippen LogP contribution in [0.25, 0.3) is 0 Å². The number of ether oxygens (including phenoxy) is 1. The molecule has 2 nitrogen and oxygen atoms in total. The van der Waals surface area contributed by atoms with Crippen LogP contribution >= 0.6 is 0 Å². The molecule has 3 heteroatoms. The van der Waals surface area contributed by atoms with Gasteiger partial charge in [-0.05, 0) is 24.1 Å². The number of halogens is 1. The van der Waals surface area contributed by atoms with Gasteiger partial charge < -0.3 is 4.74 Å². The average Bonchev–Trinajstić information content (AvgIpc) is 2.57. The first-order valence-corrected chi connectivity index (χ1v) is 7.23. The molecule has 0 aromatic heterocycles. The van der Waals surface area contributed by atoms with Crippen LogP contribution in [-0.4, -0.2) is 18.1 Å². The van der Waals surface area contributed by atoms with Gasteiger partial charge in [-0.1, -0.05) is 55.5 Å². The van der Waals surface area contributed by atoms with Crippen LogP contribution in [0.1, 0.15) is 30.6 Å². The van der Waals surface area contributed by atoms with Crippen LogP contribution in [0.3, 0.4) is 0 Å². The standard InChI is InChI=1S/C18H18FNO/c1-2-18(19)13-20-17(15-11-7-4-8-12-15)21-16(18)14-9-5-3-6-10-14/h3-12,16H,2,13H2,1H3/t16?,18-/m0/s1. The van der Waals surface area contributed by atoms with Crippen molar-refractivity contribution >= 4 is 5.90 Å². The maximum Gasteiger partial charge on any atom is 0.216 e. The predicted octanol–water partition coefficient (Wildman–Crippen LogP) is 4.32. The van der Waals surface area contributed by atoms with Crippen molar-refractivity contribution in [3.8, 4) is 0 Å². The fourth-order valence-electron chi connectivity index (χ4n) is 2.57. The second kappa shape index (κ2) is 5.68. The fourth-order valence-corrected chi connectivity index (χ4v) is 2.57. The Kier molecular flexibility index (Phi) is 3.74. The van der Waals surface area contributed by atoms with Crippen LogP contribution in [0.5, 0.6) is 0 Å². The monoisotopic (exact) mass is 283 g/mol. The van der Waals surface area contributed by atoms with Gasteiger partial charge in [0.1, 0.15) is 0 Å². The van der Waals surface area contributed by atoms with Gasteiger partial charge in [0.15, 0.2) is 11.8 Å². The van der Waals surface area contributed by atoms with Crippen molar-refractivity contribution in [3.63, 3.8) is 0 Å². The SMILES string of the molecule is CC[C@]1(F)CN=C(c2ccccc2)OC1c1ccccc1. The maximum absolute atomic E-state index is 15.1. The Labute approximate surface area is 124 Å². The highest BCUT2D eigenvalue weighted by molar-refractivity contribution is 5.94. The summed E-state index contributed by atoms with van der Waals surface area (Å²) in [7, 11) is 0. The Hall–Kier alpha value is -2.16. The van der Waals surface area contributed by atoms with Crippen molar-refractivity contribution in [1.82, 2.24) is 0 Å². The van der Waals surface area contributed by atoms with Gasteiger partial charge in [-0.2, -0.15) is 0 Å². The zero-order valence-electron chi connectivity index (χ0n) is 12.0. The lowest BCUT2D eigenvalue weighted by Crippen LogP contribution is -2.41. The molecule has 0 aliphatic carbocycles. The van der Waals surface area contributed by atoms with Gasteiger partial charge in [-0.3, -0.25) is 0 Å². The molecule has 0 spiro atoms. The van der Waals surface area contributed by atoms with Gasteiger partial charge in [0, 0.05) is 5.56 Å². The van der Waals surface area contributed by atoms with E-state index in [9.17, 15) is 0 Å². The van der Waals surface area contributed by atoms with Crippen LogP contribution in [-0.2, 0) is 4.74 Å². The number of rotatable bonds is 3. The van der Waals surface area contributed by atoms with Crippen molar-refractivity contribution in [2.24, 2.45) is 4.99 Å². The molecule has 2 aromatic rings. The van der Waals surface area contributed by atoms with E-state index in [1.54, 1.807) is 0 Å². The molecule has 1 aliphatic rings. The van der Waals surface area contributed by atoms with E-state index in [1.807, 2.05) is 67.6 Å². The van der Waals surface area contributed by atoms with Gasteiger partial charge in [0.05, 0.1) is 6.54 Å². The molecule has 1 unspecified atom stereocenters. The van der Waals surface area contributed by atoms with E-state index in [0.29, 0.717) is 12.3 Å². The summed E-state index contributed by atoms with van der Waals surface area (Å²) in [6, 6.07) is 19.2. The van der Waals surface area contributed by atoms with E-state index in [1.165, 1.54) is 0 Å². The van der Waals surface area contributed by atoms with Gasteiger partial charge in [0.2, 0.25) is 5.90 Å². The molecule has 3 rings (SSSR count). The summed E-state index contributed by atoms with van der Waals surface area (Å²) in [6.07, 6.45) is -0.241. The molecule has 2 atom stereocenters. The third-order valence-electron chi connectivity index (χ3n) is 3.90. The van der Waals surface area contributed by atoms with E-state index >= 15 is 4.39 Å². The minimum absolute atomic E-state index is 0.132. The Morgan fingerprint density at radius 3 is 2.33 bits per heavy atom. The highest BCUT2D eigenvalue weighted by Crippen LogP contribution is 2.39. The minimum Gasteiger partial charge on any atom is -0.466 e. The molecule has 0 saturated heterocycles. The number of nitrogens with zero attached hydrogens (tertiary/aromatic N) is 1. The molecule has 0 fully saturated rings. The second-order valence-corrected chi connectivity index (χ2v) is 5.28. The Morgan fingerprint density at radius 2 is 1.71 bits per heavy atom. The number of aliphatic imine (C=N–C) groups is 1. The normalized spacial score (nSPS) is 25.0. The molecule has 0 N–H and O–H groups in total. The Bertz CT molecular complexity index is 626. The quantitative estimate of drug-likeness (QED) is 0.822. The first kappa shape index (κ1) is 13.8. The maximum atomic E-state index is 15.1. The second-order valence-electron chi connectivity index (χ2n) is 5.28. The minimum atomic E-state index is -1.46. The molecule has 0 bridgehead atoms. The van der Waals surface area contributed by atoms with Crippen LogP contribution < -0.4 is 0 Å². The lowest BCUT2D eigenvalue weighted by molar-refractivity contribution is -0.0103. The van der Waals surface area contributed by atoms with E-state index < -0.39 is 11.8 Å². The molecule has 1 heterocycles. The third kappa shape index (κ3) is 2.68. The number of hydrogen-bond acceptors (Lipinski definition) is 2. The molecule has 21 heavy (non-hydrogen) atoms. The highest BCUT2D eigenvalue weighted by atomic mass is 19.1. The lowest BCUT2D eigenvalue weighted by Gasteiger charge is -2.36. The zero-order chi connectivity index (χ0) is 14.7. The molecular formula is C18H18FNO. The number of benzene rings is 2. The molecule has 1 aliphatic heterocycles. The summed E-state index contributed by atoms with van der Waals surface area (Å²) < 4.78 is 21.0. The number of hydrogen-bond donors (Lipinski definition) is 0. The summed E-state index contributed by atoms with van der Waals surface area (Å²) >= 11 is 0. The van der Waals surface area contributed by atoms with Gasteiger partial charge in [-0.25, -0.2) is 9.38 Å². The zero-order valence-corrected chi connectivity index (χ0v) is 12.0. The van der Waals surface area contributed by atoms with Crippen molar-refractivity contribution < 1.29 is 9.13 Å². The predicted molar refractivity (Wildman–Crippen MR) is 82.2 cm³/mol. The third-order valence-corrected chi connectivity index (χ3v) is 3.90. The van der Waals surface area contributed by atoms with Crippen LogP contribution in [0, 0.1) is 0 Å². The van der Waals surface area contributed by atoms with Gasteiger partial charge in [-0.15, -0.1) is 0 Å². The summed E-state index contributed by atoms with van der Waals surface area (Å²) in [5.74, 6) is 0.520. The molecular weight excluding hydrogens is 265 g/mol. The highest BCUT2D eigenvalue weighted by Gasteiger charge is 2.43. The molecule has 0 radical (unpaired) electrons. The first-order valence-electron chi connectivity index (χ1n) is 7.23. The molecule has 0 saturated carbocycles. The molecule has 2 aromatic carbocycles. The van der Waals surface area contributed by atoms with Crippen molar-refractivity contribution in [2.45, 2.75) is 25.1 Å². The van der Waals surface area contributed by atoms with Crippen LogP contribution in [0.2, 0.25) is 0 Å². The summed E-state index contributed by atoms with van der Waals surface area (Å²) in [4.78, 5) is 4.32.